The highest BCUT2D eigenvalue weighted by Gasteiger charge is 2.34. The molecule has 3 aliphatic rings. The standard InChI is InChI=1S/C19H29N7/c1-2-10-24(9-1)14-18-22-23-19(26(18)16-3-4-16)15-5-11-25(12-6-15)13-17-20-7-8-21-17/h7-8,15-16H,1-6,9-14H2,(H,20,21). The van der Waals surface area contributed by atoms with Crippen LogP contribution in [0, 0.1) is 0 Å². The summed E-state index contributed by atoms with van der Waals surface area (Å²) in [5, 5.41) is 9.33. The summed E-state index contributed by atoms with van der Waals surface area (Å²) in [5.41, 5.74) is 0. The van der Waals surface area contributed by atoms with Crippen molar-refractivity contribution in [2.45, 2.75) is 63.6 Å². The van der Waals surface area contributed by atoms with Gasteiger partial charge in [0.25, 0.3) is 0 Å². The largest absolute Gasteiger partial charge is 0.348 e. The van der Waals surface area contributed by atoms with Crippen LogP contribution < -0.4 is 0 Å². The van der Waals surface area contributed by atoms with Crippen LogP contribution in [0.3, 0.4) is 0 Å². The number of aromatic nitrogens is 5. The SMILES string of the molecule is c1c[nH]c(CN2CCC(c3nnc(CN4CCCC4)n3C3CC3)CC2)n1. The Bertz CT molecular complexity index is 704. The second kappa shape index (κ2) is 7.12. The van der Waals surface area contributed by atoms with Gasteiger partial charge in [-0.15, -0.1) is 10.2 Å². The molecule has 5 rings (SSSR count). The highest BCUT2D eigenvalue weighted by molar-refractivity contribution is 5.09. The van der Waals surface area contributed by atoms with Crippen LogP contribution >= 0.6 is 0 Å². The van der Waals surface area contributed by atoms with Gasteiger partial charge in [0.15, 0.2) is 0 Å². The van der Waals surface area contributed by atoms with E-state index in [-0.39, 0.29) is 0 Å². The van der Waals surface area contributed by atoms with Crippen LogP contribution in [-0.4, -0.2) is 60.7 Å². The van der Waals surface area contributed by atoms with E-state index in [4.69, 9.17) is 5.10 Å². The molecule has 2 aromatic rings. The third kappa shape index (κ3) is 3.42. The number of likely N-dealkylation sites (tertiary alicyclic amines) is 2. The molecular weight excluding hydrogens is 326 g/mol. The summed E-state index contributed by atoms with van der Waals surface area (Å²) >= 11 is 0. The van der Waals surface area contributed by atoms with E-state index in [2.05, 4.69) is 29.4 Å². The van der Waals surface area contributed by atoms with Crippen LogP contribution in [0.2, 0.25) is 0 Å². The average molecular weight is 355 g/mol. The molecule has 4 heterocycles. The Morgan fingerprint density at radius 3 is 2.38 bits per heavy atom. The normalized spacial score (nSPS) is 23.1. The van der Waals surface area contributed by atoms with E-state index in [1.165, 1.54) is 63.3 Å². The maximum Gasteiger partial charge on any atom is 0.147 e. The van der Waals surface area contributed by atoms with Crippen molar-refractivity contribution in [1.29, 1.82) is 0 Å². The monoisotopic (exact) mass is 355 g/mol. The van der Waals surface area contributed by atoms with Crippen LogP contribution in [0.25, 0.3) is 0 Å². The number of hydrogen-bond acceptors (Lipinski definition) is 5. The van der Waals surface area contributed by atoms with Gasteiger partial charge >= 0.3 is 0 Å². The van der Waals surface area contributed by atoms with Gasteiger partial charge in [0, 0.05) is 24.4 Å². The van der Waals surface area contributed by atoms with Crippen LogP contribution in [-0.2, 0) is 13.1 Å². The van der Waals surface area contributed by atoms with Crippen LogP contribution in [0.4, 0.5) is 0 Å². The molecule has 0 bridgehead atoms. The molecule has 0 amide bonds. The first kappa shape index (κ1) is 16.4. The van der Waals surface area contributed by atoms with Crippen molar-refractivity contribution in [3.05, 3.63) is 29.9 Å². The van der Waals surface area contributed by atoms with Gasteiger partial charge in [-0.3, -0.25) is 9.80 Å². The summed E-state index contributed by atoms with van der Waals surface area (Å²) in [7, 11) is 0. The van der Waals surface area contributed by atoms with Crippen molar-refractivity contribution in [2.24, 2.45) is 0 Å². The number of nitrogens with zero attached hydrogens (tertiary/aromatic N) is 6. The van der Waals surface area contributed by atoms with Crippen molar-refractivity contribution < 1.29 is 0 Å². The minimum absolute atomic E-state index is 0.559. The van der Waals surface area contributed by atoms with E-state index in [0.29, 0.717) is 12.0 Å². The lowest BCUT2D eigenvalue weighted by Crippen LogP contribution is -2.33. The minimum atomic E-state index is 0.559. The van der Waals surface area contributed by atoms with Crippen molar-refractivity contribution in [1.82, 2.24) is 34.5 Å². The summed E-state index contributed by atoms with van der Waals surface area (Å²) in [6.07, 6.45) is 11.4. The molecule has 0 unspecified atom stereocenters. The first-order valence-corrected chi connectivity index (χ1v) is 10.2. The fourth-order valence-corrected chi connectivity index (χ4v) is 4.54. The number of imidazole rings is 1. The van der Waals surface area contributed by atoms with Gasteiger partial charge in [0.1, 0.15) is 17.5 Å². The Morgan fingerprint density at radius 2 is 1.69 bits per heavy atom. The number of aromatic amines is 1. The number of H-pyrrole nitrogens is 1. The lowest BCUT2D eigenvalue weighted by Gasteiger charge is -2.31. The summed E-state index contributed by atoms with van der Waals surface area (Å²) in [6, 6.07) is 0.666. The second-order valence-corrected chi connectivity index (χ2v) is 8.15. The Balaban J connectivity index is 1.26. The fourth-order valence-electron chi connectivity index (χ4n) is 4.54. The fraction of sp³-hybridized carbons (Fsp3) is 0.737. The summed E-state index contributed by atoms with van der Waals surface area (Å²) < 4.78 is 2.52. The molecule has 0 spiro atoms. The highest BCUT2D eigenvalue weighted by Crippen LogP contribution is 2.40. The number of hydrogen-bond donors (Lipinski definition) is 1. The average Bonchev–Trinajstić information content (AvgIpc) is 3.07. The second-order valence-electron chi connectivity index (χ2n) is 8.15. The first-order chi connectivity index (χ1) is 12.9. The van der Waals surface area contributed by atoms with Gasteiger partial charge in [-0.25, -0.2) is 4.98 Å². The molecule has 1 N–H and O–H groups in total. The zero-order valence-corrected chi connectivity index (χ0v) is 15.5. The predicted molar refractivity (Wildman–Crippen MR) is 98.6 cm³/mol. The zero-order valence-electron chi connectivity index (χ0n) is 15.5. The van der Waals surface area contributed by atoms with Crippen molar-refractivity contribution in [3.8, 4) is 0 Å². The highest BCUT2D eigenvalue weighted by atomic mass is 15.3. The lowest BCUT2D eigenvalue weighted by atomic mass is 9.95. The van der Waals surface area contributed by atoms with Gasteiger partial charge in [-0.1, -0.05) is 0 Å². The Kier molecular flexibility index (Phi) is 4.50. The molecule has 2 saturated heterocycles. The van der Waals surface area contributed by atoms with Crippen molar-refractivity contribution in [3.63, 3.8) is 0 Å². The lowest BCUT2D eigenvalue weighted by molar-refractivity contribution is 0.196. The first-order valence-electron chi connectivity index (χ1n) is 10.2. The van der Waals surface area contributed by atoms with Gasteiger partial charge in [-0.05, 0) is 64.7 Å². The van der Waals surface area contributed by atoms with E-state index in [9.17, 15) is 0 Å². The molecule has 2 aliphatic heterocycles. The number of nitrogens with one attached hydrogen (secondary N) is 1. The van der Waals surface area contributed by atoms with Crippen LogP contribution in [0.5, 0.6) is 0 Å². The van der Waals surface area contributed by atoms with Gasteiger partial charge in [0.2, 0.25) is 0 Å². The molecule has 140 valence electrons. The molecule has 3 fully saturated rings. The summed E-state index contributed by atoms with van der Waals surface area (Å²) in [4.78, 5) is 12.6. The van der Waals surface area contributed by atoms with E-state index in [1.807, 2.05) is 12.4 Å². The quantitative estimate of drug-likeness (QED) is 0.861. The molecule has 1 saturated carbocycles. The molecular formula is C19H29N7. The third-order valence-electron chi connectivity index (χ3n) is 6.15. The van der Waals surface area contributed by atoms with Gasteiger partial charge in [0.05, 0.1) is 13.1 Å². The Hall–Kier alpha value is -1.73. The summed E-state index contributed by atoms with van der Waals surface area (Å²) in [5.74, 6) is 4.10. The van der Waals surface area contributed by atoms with E-state index in [1.54, 1.807) is 0 Å². The molecule has 0 aromatic carbocycles. The van der Waals surface area contributed by atoms with Crippen molar-refractivity contribution >= 4 is 0 Å². The maximum absolute atomic E-state index is 4.69. The number of piperidine rings is 1. The third-order valence-corrected chi connectivity index (χ3v) is 6.15. The number of rotatable bonds is 6. The van der Waals surface area contributed by atoms with Gasteiger partial charge in [-0.2, -0.15) is 0 Å². The smallest absolute Gasteiger partial charge is 0.147 e. The molecule has 7 heteroatoms. The summed E-state index contributed by atoms with van der Waals surface area (Å²) in [6.45, 7) is 6.58. The minimum Gasteiger partial charge on any atom is -0.348 e. The Labute approximate surface area is 154 Å². The van der Waals surface area contributed by atoms with E-state index in [0.717, 1.165) is 32.0 Å². The molecule has 2 aromatic heterocycles. The molecule has 7 nitrogen and oxygen atoms in total. The molecule has 1 aliphatic carbocycles. The van der Waals surface area contributed by atoms with E-state index < -0.39 is 0 Å². The topological polar surface area (TPSA) is 65.9 Å². The van der Waals surface area contributed by atoms with E-state index >= 15 is 0 Å². The molecule has 26 heavy (non-hydrogen) atoms. The molecule has 0 radical (unpaired) electrons. The van der Waals surface area contributed by atoms with Crippen LogP contribution in [0.1, 0.15) is 68.0 Å². The van der Waals surface area contributed by atoms with Crippen LogP contribution in [0.15, 0.2) is 12.4 Å². The van der Waals surface area contributed by atoms with Gasteiger partial charge < -0.3 is 9.55 Å². The van der Waals surface area contributed by atoms with Crippen molar-refractivity contribution in [2.75, 3.05) is 26.2 Å². The Morgan fingerprint density at radius 1 is 0.923 bits per heavy atom. The zero-order chi connectivity index (χ0) is 17.3. The molecule has 0 atom stereocenters. The predicted octanol–water partition coefficient (Wildman–Crippen LogP) is 2.31. The maximum atomic E-state index is 4.69.